The zero-order chi connectivity index (χ0) is 14.5. The molecular weight excluding hydrogens is 254 g/mol. The number of aromatic nitrogens is 2. The van der Waals surface area contributed by atoms with Crippen LogP contribution >= 0.6 is 0 Å². The quantitative estimate of drug-likeness (QED) is 0.445. The summed E-state index contributed by atoms with van der Waals surface area (Å²) >= 11 is 0. The average molecular weight is 271 g/mol. The summed E-state index contributed by atoms with van der Waals surface area (Å²) in [6.07, 6.45) is 0.197. The van der Waals surface area contributed by atoms with Gasteiger partial charge < -0.3 is 5.73 Å². The average Bonchev–Trinajstić information content (AvgIpc) is 2.82. The van der Waals surface area contributed by atoms with Gasteiger partial charge in [0.15, 0.2) is 0 Å². The first-order chi connectivity index (χ1) is 9.54. The topological polar surface area (TPSA) is 96.2 Å². The number of amides is 1. The predicted octanol–water partition coefficient (Wildman–Crippen LogP) is 1.38. The number of rotatable bonds is 4. The zero-order valence-corrected chi connectivity index (χ0v) is 11.5. The summed E-state index contributed by atoms with van der Waals surface area (Å²) in [7, 11) is 0. The molecule has 0 spiro atoms. The summed E-state index contributed by atoms with van der Waals surface area (Å²) in [5.41, 5.74) is 12.1. The summed E-state index contributed by atoms with van der Waals surface area (Å²) in [6.45, 7) is 3.71. The third-order valence-electron chi connectivity index (χ3n) is 2.78. The molecule has 0 unspecified atom stereocenters. The van der Waals surface area contributed by atoms with Gasteiger partial charge in [-0.05, 0) is 37.6 Å². The van der Waals surface area contributed by atoms with Gasteiger partial charge in [0.05, 0.1) is 17.8 Å². The van der Waals surface area contributed by atoms with Crippen LogP contribution in [0.2, 0.25) is 0 Å². The Kier molecular flexibility index (Phi) is 4.14. The minimum absolute atomic E-state index is 0.197. The molecule has 6 heteroatoms. The van der Waals surface area contributed by atoms with Crippen molar-refractivity contribution < 1.29 is 4.79 Å². The fourth-order valence-corrected chi connectivity index (χ4v) is 1.70. The molecule has 1 amide bonds. The van der Waals surface area contributed by atoms with Crippen molar-refractivity contribution in [2.24, 2.45) is 5.10 Å². The first-order valence-electron chi connectivity index (χ1n) is 6.24. The number of nitrogen functional groups attached to an aromatic ring is 1. The molecule has 0 fully saturated rings. The van der Waals surface area contributed by atoms with Crippen LogP contribution in [0.4, 0.5) is 5.69 Å². The van der Waals surface area contributed by atoms with Gasteiger partial charge in [-0.2, -0.15) is 10.2 Å². The second-order valence-electron chi connectivity index (χ2n) is 4.57. The number of anilines is 1. The highest BCUT2D eigenvalue weighted by Gasteiger charge is 2.05. The van der Waals surface area contributed by atoms with Crippen LogP contribution in [0, 0.1) is 6.92 Å². The van der Waals surface area contributed by atoms with E-state index in [9.17, 15) is 4.79 Å². The van der Waals surface area contributed by atoms with Crippen molar-refractivity contribution in [1.82, 2.24) is 15.6 Å². The number of carbonyl (C=O) groups excluding carboxylic acids is 1. The number of benzene rings is 1. The molecule has 0 saturated carbocycles. The van der Waals surface area contributed by atoms with Crippen LogP contribution in [0.3, 0.4) is 0 Å². The lowest BCUT2D eigenvalue weighted by Gasteiger charge is -2.02. The van der Waals surface area contributed by atoms with Crippen LogP contribution < -0.4 is 11.2 Å². The summed E-state index contributed by atoms with van der Waals surface area (Å²) in [5.74, 6) is -0.203. The van der Waals surface area contributed by atoms with Crippen molar-refractivity contribution >= 4 is 17.3 Å². The molecule has 1 heterocycles. The molecule has 0 saturated heterocycles. The van der Waals surface area contributed by atoms with Crippen molar-refractivity contribution in [2.45, 2.75) is 20.3 Å². The number of nitrogens with zero attached hydrogens (tertiary/aromatic N) is 2. The minimum atomic E-state index is -0.203. The molecule has 104 valence electrons. The Morgan fingerprint density at radius 1 is 1.40 bits per heavy atom. The second-order valence-corrected chi connectivity index (χ2v) is 4.57. The van der Waals surface area contributed by atoms with Gasteiger partial charge in [0.1, 0.15) is 0 Å². The molecule has 0 radical (unpaired) electrons. The fourth-order valence-electron chi connectivity index (χ4n) is 1.70. The van der Waals surface area contributed by atoms with E-state index < -0.39 is 0 Å². The normalized spacial score (nSPS) is 11.4. The van der Waals surface area contributed by atoms with E-state index in [-0.39, 0.29) is 12.3 Å². The highest BCUT2D eigenvalue weighted by molar-refractivity contribution is 5.99. The Labute approximate surface area is 117 Å². The SMILES string of the molecule is CC(=NNC(=O)Cc1cc(C)[nH]n1)c1ccc(N)cc1. The molecule has 4 N–H and O–H groups in total. The van der Waals surface area contributed by atoms with E-state index in [1.165, 1.54) is 0 Å². The second kappa shape index (κ2) is 6.01. The number of aromatic amines is 1. The molecule has 1 aromatic carbocycles. The van der Waals surface area contributed by atoms with Gasteiger partial charge in [0.25, 0.3) is 0 Å². The molecule has 0 atom stereocenters. The van der Waals surface area contributed by atoms with Gasteiger partial charge in [0.2, 0.25) is 5.91 Å². The molecular formula is C14H17N5O. The molecule has 0 aliphatic heterocycles. The van der Waals surface area contributed by atoms with Crippen molar-refractivity contribution in [3.63, 3.8) is 0 Å². The van der Waals surface area contributed by atoms with E-state index in [4.69, 9.17) is 5.73 Å². The smallest absolute Gasteiger partial charge is 0.246 e. The molecule has 20 heavy (non-hydrogen) atoms. The van der Waals surface area contributed by atoms with Gasteiger partial charge in [-0.25, -0.2) is 5.43 Å². The number of hydrogen-bond acceptors (Lipinski definition) is 4. The molecule has 2 aromatic rings. The van der Waals surface area contributed by atoms with E-state index in [1.807, 2.05) is 32.0 Å². The number of nitrogens with one attached hydrogen (secondary N) is 2. The first-order valence-corrected chi connectivity index (χ1v) is 6.24. The third kappa shape index (κ3) is 3.68. The molecule has 1 aromatic heterocycles. The van der Waals surface area contributed by atoms with E-state index in [0.29, 0.717) is 11.4 Å². The van der Waals surface area contributed by atoms with Crippen molar-refractivity contribution in [3.05, 3.63) is 47.3 Å². The fraction of sp³-hybridized carbons (Fsp3) is 0.214. The maximum absolute atomic E-state index is 11.7. The Morgan fingerprint density at radius 3 is 2.70 bits per heavy atom. The monoisotopic (exact) mass is 271 g/mol. The van der Waals surface area contributed by atoms with Crippen LogP contribution in [0.25, 0.3) is 0 Å². The van der Waals surface area contributed by atoms with E-state index >= 15 is 0 Å². The van der Waals surface area contributed by atoms with Crippen LogP contribution in [-0.2, 0) is 11.2 Å². The number of hydrogen-bond donors (Lipinski definition) is 3. The lowest BCUT2D eigenvalue weighted by atomic mass is 10.1. The lowest BCUT2D eigenvalue weighted by molar-refractivity contribution is -0.120. The molecule has 2 rings (SSSR count). The Hall–Kier alpha value is -2.63. The van der Waals surface area contributed by atoms with Crippen molar-refractivity contribution in [2.75, 3.05) is 5.73 Å². The van der Waals surface area contributed by atoms with Gasteiger partial charge >= 0.3 is 0 Å². The summed E-state index contributed by atoms with van der Waals surface area (Å²) in [6, 6.07) is 9.14. The van der Waals surface area contributed by atoms with Crippen molar-refractivity contribution in [1.29, 1.82) is 0 Å². The maximum Gasteiger partial charge on any atom is 0.246 e. The number of nitrogens with two attached hydrogens (primary N) is 1. The van der Waals surface area contributed by atoms with Crippen LogP contribution in [0.15, 0.2) is 35.4 Å². The molecule has 6 nitrogen and oxygen atoms in total. The minimum Gasteiger partial charge on any atom is -0.399 e. The molecule has 0 bridgehead atoms. The Balaban J connectivity index is 1.94. The summed E-state index contributed by atoms with van der Waals surface area (Å²) < 4.78 is 0. The highest BCUT2D eigenvalue weighted by Crippen LogP contribution is 2.06. The number of aryl methyl sites for hydroxylation is 1. The van der Waals surface area contributed by atoms with Gasteiger partial charge in [-0.3, -0.25) is 9.89 Å². The Morgan fingerprint density at radius 2 is 2.10 bits per heavy atom. The number of carbonyl (C=O) groups is 1. The largest absolute Gasteiger partial charge is 0.399 e. The van der Waals surface area contributed by atoms with Crippen LogP contribution in [0.5, 0.6) is 0 Å². The summed E-state index contributed by atoms with van der Waals surface area (Å²) in [4.78, 5) is 11.7. The van der Waals surface area contributed by atoms with Crippen molar-refractivity contribution in [3.8, 4) is 0 Å². The lowest BCUT2D eigenvalue weighted by Crippen LogP contribution is -2.21. The van der Waals surface area contributed by atoms with Gasteiger partial charge in [0, 0.05) is 11.4 Å². The Bertz CT molecular complexity index is 627. The zero-order valence-electron chi connectivity index (χ0n) is 11.5. The van der Waals surface area contributed by atoms with E-state index in [2.05, 4.69) is 20.7 Å². The van der Waals surface area contributed by atoms with Gasteiger partial charge in [-0.1, -0.05) is 12.1 Å². The maximum atomic E-state index is 11.7. The number of H-pyrrole nitrogens is 1. The summed E-state index contributed by atoms with van der Waals surface area (Å²) in [5, 5.41) is 10.9. The molecule has 0 aliphatic carbocycles. The molecule has 0 aliphatic rings. The number of hydrazone groups is 1. The third-order valence-corrected chi connectivity index (χ3v) is 2.78. The predicted molar refractivity (Wildman–Crippen MR) is 78.2 cm³/mol. The first kappa shape index (κ1) is 13.8. The highest BCUT2D eigenvalue weighted by atomic mass is 16.2. The van der Waals surface area contributed by atoms with E-state index in [1.54, 1.807) is 12.1 Å². The van der Waals surface area contributed by atoms with Crippen LogP contribution in [0.1, 0.15) is 23.9 Å². The van der Waals surface area contributed by atoms with E-state index in [0.717, 1.165) is 17.0 Å². The van der Waals surface area contributed by atoms with Crippen LogP contribution in [-0.4, -0.2) is 21.8 Å². The standard InChI is InChI=1S/C14H17N5O/c1-9-7-13(18-16-9)8-14(20)19-17-10(2)11-3-5-12(15)6-4-11/h3-7H,8,15H2,1-2H3,(H,16,18)(H,19,20). The van der Waals surface area contributed by atoms with Gasteiger partial charge in [-0.15, -0.1) is 0 Å².